The summed E-state index contributed by atoms with van der Waals surface area (Å²) < 4.78 is 0. The SMILES string of the molecule is CC1CN(C(=O)c2cnccn2)c2ccccc21. The first-order chi connectivity index (χ1) is 8.77. The van der Waals surface area contributed by atoms with E-state index in [1.54, 1.807) is 17.3 Å². The number of carbonyl (C=O) groups excluding carboxylic acids is 1. The van der Waals surface area contributed by atoms with Gasteiger partial charge in [0.1, 0.15) is 5.69 Å². The fourth-order valence-corrected chi connectivity index (χ4v) is 2.36. The predicted molar refractivity (Wildman–Crippen MR) is 68.6 cm³/mol. The average molecular weight is 239 g/mol. The zero-order valence-electron chi connectivity index (χ0n) is 10.1. The third-order valence-corrected chi connectivity index (χ3v) is 3.24. The molecule has 1 aliphatic rings. The van der Waals surface area contributed by atoms with E-state index in [9.17, 15) is 4.79 Å². The largest absolute Gasteiger partial charge is 0.306 e. The summed E-state index contributed by atoms with van der Waals surface area (Å²) in [4.78, 5) is 22.2. The molecule has 0 saturated carbocycles. The van der Waals surface area contributed by atoms with Crippen LogP contribution in [0, 0.1) is 0 Å². The van der Waals surface area contributed by atoms with E-state index in [4.69, 9.17) is 0 Å². The monoisotopic (exact) mass is 239 g/mol. The van der Waals surface area contributed by atoms with Crippen LogP contribution in [0.4, 0.5) is 5.69 Å². The van der Waals surface area contributed by atoms with Crippen LogP contribution in [0.15, 0.2) is 42.9 Å². The lowest BCUT2D eigenvalue weighted by Crippen LogP contribution is -2.30. The zero-order valence-corrected chi connectivity index (χ0v) is 10.1. The number of hydrogen-bond donors (Lipinski definition) is 0. The molecule has 4 heteroatoms. The van der Waals surface area contributed by atoms with Crippen molar-refractivity contribution in [3.05, 3.63) is 54.1 Å². The van der Waals surface area contributed by atoms with Crippen LogP contribution in [0.2, 0.25) is 0 Å². The highest BCUT2D eigenvalue weighted by atomic mass is 16.2. The lowest BCUT2D eigenvalue weighted by atomic mass is 10.0. The van der Waals surface area contributed by atoms with Crippen molar-refractivity contribution >= 4 is 11.6 Å². The Morgan fingerprint density at radius 2 is 2.17 bits per heavy atom. The molecule has 1 aromatic heterocycles. The maximum absolute atomic E-state index is 12.4. The lowest BCUT2D eigenvalue weighted by molar-refractivity contribution is 0.0983. The lowest BCUT2D eigenvalue weighted by Gasteiger charge is -2.16. The van der Waals surface area contributed by atoms with Gasteiger partial charge in [-0.15, -0.1) is 0 Å². The fraction of sp³-hybridized carbons (Fsp3) is 0.214. The molecule has 1 aromatic carbocycles. The molecule has 1 atom stereocenters. The summed E-state index contributed by atoms with van der Waals surface area (Å²) in [5.74, 6) is 0.279. The Kier molecular flexibility index (Phi) is 2.55. The van der Waals surface area contributed by atoms with Crippen molar-refractivity contribution in [3.63, 3.8) is 0 Å². The third kappa shape index (κ3) is 1.66. The highest BCUT2D eigenvalue weighted by Crippen LogP contribution is 2.36. The maximum Gasteiger partial charge on any atom is 0.278 e. The van der Waals surface area contributed by atoms with Gasteiger partial charge in [0, 0.05) is 30.5 Å². The Hall–Kier alpha value is -2.23. The van der Waals surface area contributed by atoms with Gasteiger partial charge in [0.05, 0.1) is 6.20 Å². The van der Waals surface area contributed by atoms with Crippen molar-refractivity contribution in [1.82, 2.24) is 9.97 Å². The molecule has 2 aromatic rings. The molecule has 0 spiro atoms. The first-order valence-electron chi connectivity index (χ1n) is 5.94. The van der Waals surface area contributed by atoms with E-state index >= 15 is 0 Å². The zero-order chi connectivity index (χ0) is 12.5. The molecule has 90 valence electrons. The number of aromatic nitrogens is 2. The van der Waals surface area contributed by atoms with E-state index < -0.39 is 0 Å². The van der Waals surface area contributed by atoms with Gasteiger partial charge in [-0.3, -0.25) is 9.78 Å². The highest BCUT2D eigenvalue weighted by Gasteiger charge is 2.30. The topological polar surface area (TPSA) is 46.1 Å². The molecule has 4 nitrogen and oxygen atoms in total. The quantitative estimate of drug-likeness (QED) is 0.766. The summed E-state index contributed by atoms with van der Waals surface area (Å²) in [5.41, 5.74) is 2.59. The first kappa shape index (κ1) is 10.9. The molecule has 0 radical (unpaired) electrons. The van der Waals surface area contributed by atoms with E-state index in [1.165, 1.54) is 11.8 Å². The van der Waals surface area contributed by atoms with E-state index in [0.717, 1.165) is 5.69 Å². The molecule has 0 fully saturated rings. The maximum atomic E-state index is 12.4. The van der Waals surface area contributed by atoms with Crippen molar-refractivity contribution in [3.8, 4) is 0 Å². The number of benzene rings is 1. The molecule has 3 rings (SSSR count). The van der Waals surface area contributed by atoms with Crippen molar-refractivity contribution in [2.45, 2.75) is 12.8 Å². The van der Waals surface area contributed by atoms with Crippen molar-refractivity contribution in [2.75, 3.05) is 11.4 Å². The summed E-state index contributed by atoms with van der Waals surface area (Å²) in [6, 6.07) is 8.01. The summed E-state index contributed by atoms with van der Waals surface area (Å²) in [6.07, 6.45) is 4.61. The Morgan fingerprint density at radius 1 is 1.33 bits per heavy atom. The minimum absolute atomic E-state index is 0.0834. The van der Waals surface area contributed by atoms with Crippen LogP contribution in [-0.2, 0) is 0 Å². The van der Waals surface area contributed by atoms with E-state index in [1.807, 2.05) is 18.2 Å². The number of hydrogen-bond acceptors (Lipinski definition) is 3. The van der Waals surface area contributed by atoms with Crippen LogP contribution in [0.25, 0.3) is 0 Å². The number of carbonyl (C=O) groups is 1. The molecule has 0 N–H and O–H groups in total. The van der Waals surface area contributed by atoms with Crippen molar-refractivity contribution in [1.29, 1.82) is 0 Å². The Morgan fingerprint density at radius 3 is 2.94 bits per heavy atom. The molecule has 0 bridgehead atoms. The number of fused-ring (bicyclic) bond motifs is 1. The van der Waals surface area contributed by atoms with Crippen LogP contribution in [0.3, 0.4) is 0 Å². The van der Waals surface area contributed by atoms with E-state index in [2.05, 4.69) is 23.0 Å². The van der Waals surface area contributed by atoms with Crippen LogP contribution >= 0.6 is 0 Å². The summed E-state index contributed by atoms with van der Waals surface area (Å²) in [7, 11) is 0. The van der Waals surface area contributed by atoms with Gasteiger partial charge >= 0.3 is 0 Å². The second kappa shape index (κ2) is 4.22. The van der Waals surface area contributed by atoms with Crippen LogP contribution in [0.5, 0.6) is 0 Å². The average Bonchev–Trinajstić information content (AvgIpc) is 2.77. The number of amides is 1. The highest BCUT2D eigenvalue weighted by molar-refractivity contribution is 6.06. The Labute approximate surface area is 105 Å². The second-order valence-corrected chi connectivity index (χ2v) is 4.47. The van der Waals surface area contributed by atoms with Gasteiger partial charge in [-0.2, -0.15) is 0 Å². The van der Waals surface area contributed by atoms with Gasteiger partial charge in [0.25, 0.3) is 5.91 Å². The summed E-state index contributed by atoms with van der Waals surface area (Å²) in [6.45, 7) is 2.83. The van der Waals surface area contributed by atoms with Crippen LogP contribution in [0.1, 0.15) is 28.9 Å². The number of para-hydroxylation sites is 1. The van der Waals surface area contributed by atoms with Crippen molar-refractivity contribution < 1.29 is 4.79 Å². The van der Waals surface area contributed by atoms with Crippen LogP contribution in [-0.4, -0.2) is 22.4 Å². The number of anilines is 1. The van der Waals surface area contributed by atoms with Crippen molar-refractivity contribution in [2.24, 2.45) is 0 Å². The number of nitrogens with zero attached hydrogens (tertiary/aromatic N) is 3. The molecule has 0 aliphatic carbocycles. The van der Waals surface area contributed by atoms with Gasteiger partial charge in [-0.25, -0.2) is 4.98 Å². The fourth-order valence-electron chi connectivity index (χ4n) is 2.36. The minimum atomic E-state index is -0.0834. The molecule has 1 aliphatic heterocycles. The van der Waals surface area contributed by atoms with E-state index in [-0.39, 0.29) is 5.91 Å². The molecule has 2 heterocycles. The summed E-state index contributed by atoms with van der Waals surface area (Å²) >= 11 is 0. The smallest absolute Gasteiger partial charge is 0.278 e. The predicted octanol–water partition coefficient (Wildman–Crippen LogP) is 2.24. The first-order valence-corrected chi connectivity index (χ1v) is 5.94. The molecule has 18 heavy (non-hydrogen) atoms. The van der Waals surface area contributed by atoms with Gasteiger partial charge in [-0.05, 0) is 11.6 Å². The normalized spacial score (nSPS) is 17.6. The Balaban J connectivity index is 1.98. The molecular weight excluding hydrogens is 226 g/mol. The van der Waals surface area contributed by atoms with Gasteiger partial charge in [-0.1, -0.05) is 25.1 Å². The molecular formula is C14H13N3O. The molecule has 0 saturated heterocycles. The third-order valence-electron chi connectivity index (χ3n) is 3.24. The second-order valence-electron chi connectivity index (χ2n) is 4.47. The van der Waals surface area contributed by atoms with E-state index in [0.29, 0.717) is 18.2 Å². The Bertz CT molecular complexity index is 583. The van der Waals surface area contributed by atoms with Gasteiger partial charge in [0.15, 0.2) is 0 Å². The van der Waals surface area contributed by atoms with Gasteiger partial charge in [0.2, 0.25) is 0 Å². The number of rotatable bonds is 1. The summed E-state index contributed by atoms with van der Waals surface area (Å²) in [5, 5.41) is 0. The minimum Gasteiger partial charge on any atom is -0.306 e. The van der Waals surface area contributed by atoms with Crippen LogP contribution < -0.4 is 4.90 Å². The molecule has 1 unspecified atom stereocenters. The standard InChI is InChI=1S/C14H13N3O/c1-10-9-17(13-5-3-2-4-11(10)13)14(18)12-8-15-6-7-16-12/h2-8,10H,9H2,1H3. The molecule has 1 amide bonds. The van der Waals surface area contributed by atoms with Gasteiger partial charge < -0.3 is 4.90 Å².